The average molecular weight is 321 g/mol. The Morgan fingerprint density at radius 1 is 1.45 bits per heavy atom. The van der Waals surface area contributed by atoms with E-state index in [4.69, 9.17) is 17.3 Å². The van der Waals surface area contributed by atoms with Gasteiger partial charge in [0.2, 0.25) is 10.0 Å². The van der Waals surface area contributed by atoms with E-state index in [9.17, 15) is 12.8 Å². The van der Waals surface area contributed by atoms with Gasteiger partial charge in [-0.05, 0) is 50.4 Å². The minimum absolute atomic E-state index is 0.0217. The molecular weight excluding hydrogens is 303 g/mol. The van der Waals surface area contributed by atoms with Crippen molar-refractivity contribution in [3.8, 4) is 0 Å². The molecule has 4 nitrogen and oxygen atoms in total. The summed E-state index contributed by atoms with van der Waals surface area (Å²) in [5.74, 6) is -0.464. The van der Waals surface area contributed by atoms with Crippen LogP contribution in [0.5, 0.6) is 0 Å². The molecule has 7 heteroatoms. The van der Waals surface area contributed by atoms with E-state index in [-0.39, 0.29) is 21.9 Å². The molecule has 1 aromatic rings. The summed E-state index contributed by atoms with van der Waals surface area (Å²) in [5, 5.41) is -0.189. The Hall–Kier alpha value is -0.690. The number of nitrogens with two attached hydrogens (primary N) is 1. The van der Waals surface area contributed by atoms with Crippen molar-refractivity contribution >= 4 is 21.6 Å². The predicted molar refractivity (Wildman–Crippen MR) is 76.5 cm³/mol. The number of benzene rings is 1. The molecule has 1 aliphatic rings. The summed E-state index contributed by atoms with van der Waals surface area (Å²) in [4.78, 5) is 0.0217. The van der Waals surface area contributed by atoms with Gasteiger partial charge in [-0.25, -0.2) is 12.8 Å². The maximum Gasteiger partial charge on any atom is 0.243 e. The van der Waals surface area contributed by atoms with Crippen molar-refractivity contribution in [1.29, 1.82) is 0 Å². The van der Waals surface area contributed by atoms with Crippen molar-refractivity contribution in [2.45, 2.75) is 30.7 Å². The SMILES string of the molecule is CC1CCC(CN)CN1S(=O)(=O)c1ccc(F)c(Cl)c1. The lowest BCUT2D eigenvalue weighted by Crippen LogP contribution is -2.46. The van der Waals surface area contributed by atoms with Gasteiger partial charge in [0, 0.05) is 12.6 Å². The second-order valence-corrected chi connectivity index (χ2v) is 7.48. The smallest absolute Gasteiger partial charge is 0.243 e. The third kappa shape index (κ3) is 2.98. The van der Waals surface area contributed by atoms with Gasteiger partial charge in [-0.3, -0.25) is 0 Å². The van der Waals surface area contributed by atoms with Gasteiger partial charge in [-0.2, -0.15) is 4.31 Å². The van der Waals surface area contributed by atoms with Crippen LogP contribution in [-0.2, 0) is 10.0 Å². The van der Waals surface area contributed by atoms with Gasteiger partial charge in [0.05, 0.1) is 9.92 Å². The zero-order valence-corrected chi connectivity index (χ0v) is 12.8. The van der Waals surface area contributed by atoms with Crippen molar-refractivity contribution in [3.05, 3.63) is 29.0 Å². The highest BCUT2D eigenvalue weighted by Gasteiger charge is 2.34. The van der Waals surface area contributed by atoms with Gasteiger partial charge in [-0.1, -0.05) is 11.6 Å². The summed E-state index contributed by atoms with van der Waals surface area (Å²) < 4.78 is 39.9. The molecule has 1 saturated heterocycles. The van der Waals surface area contributed by atoms with Crippen LogP contribution in [0.2, 0.25) is 5.02 Å². The predicted octanol–water partition coefficient (Wildman–Crippen LogP) is 2.23. The summed E-state index contributed by atoms with van der Waals surface area (Å²) >= 11 is 5.67. The van der Waals surface area contributed by atoms with Crippen molar-refractivity contribution in [2.75, 3.05) is 13.1 Å². The minimum atomic E-state index is -3.67. The van der Waals surface area contributed by atoms with Crippen LogP contribution in [0.3, 0.4) is 0 Å². The molecule has 0 spiro atoms. The van der Waals surface area contributed by atoms with Crippen LogP contribution in [0.25, 0.3) is 0 Å². The van der Waals surface area contributed by atoms with Crippen molar-refractivity contribution in [3.63, 3.8) is 0 Å². The van der Waals surface area contributed by atoms with Crippen LogP contribution in [0.15, 0.2) is 23.1 Å². The van der Waals surface area contributed by atoms with E-state index in [1.807, 2.05) is 6.92 Å². The zero-order valence-electron chi connectivity index (χ0n) is 11.2. The second-order valence-electron chi connectivity index (χ2n) is 5.18. The Balaban J connectivity index is 2.35. The monoisotopic (exact) mass is 320 g/mol. The molecule has 2 unspecified atom stereocenters. The number of hydrogen-bond acceptors (Lipinski definition) is 3. The first kappa shape index (κ1) is 15.7. The van der Waals surface area contributed by atoms with E-state index < -0.39 is 15.8 Å². The van der Waals surface area contributed by atoms with Crippen molar-refractivity contribution < 1.29 is 12.8 Å². The molecule has 2 atom stereocenters. The van der Waals surface area contributed by atoms with Crippen molar-refractivity contribution in [1.82, 2.24) is 4.31 Å². The van der Waals surface area contributed by atoms with Gasteiger partial charge >= 0.3 is 0 Å². The molecule has 0 radical (unpaired) electrons. The summed E-state index contributed by atoms with van der Waals surface area (Å²) in [6, 6.07) is 3.39. The fraction of sp³-hybridized carbons (Fsp3) is 0.538. The Morgan fingerprint density at radius 3 is 2.75 bits per heavy atom. The quantitative estimate of drug-likeness (QED) is 0.929. The zero-order chi connectivity index (χ0) is 14.9. The summed E-state index contributed by atoms with van der Waals surface area (Å²) in [6.45, 7) is 2.73. The topological polar surface area (TPSA) is 63.4 Å². The van der Waals surface area contributed by atoms with E-state index in [0.29, 0.717) is 13.1 Å². The molecule has 1 fully saturated rings. The van der Waals surface area contributed by atoms with Crippen LogP contribution >= 0.6 is 11.6 Å². The highest BCUT2D eigenvalue weighted by atomic mass is 35.5. The molecule has 0 aromatic heterocycles. The summed E-state index contributed by atoms with van der Waals surface area (Å²) in [5.41, 5.74) is 5.64. The molecule has 2 N–H and O–H groups in total. The third-order valence-corrected chi connectivity index (χ3v) is 6.02. The van der Waals surface area contributed by atoms with Gasteiger partial charge in [0.25, 0.3) is 0 Å². The van der Waals surface area contributed by atoms with E-state index in [2.05, 4.69) is 0 Å². The highest BCUT2D eigenvalue weighted by molar-refractivity contribution is 7.89. The number of piperidine rings is 1. The summed E-state index contributed by atoms with van der Waals surface area (Å²) in [6.07, 6.45) is 1.70. The van der Waals surface area contributed by atoms with E-state index >= 15 is 0 Å². The second kappa shape index (κ2) is 5.97. The number of halogens is 2. The van der Waals surface area contributed by atoms with Crippen LogP contribution in [0.4, 0.5) is 4.39 Å². The normalized spacial score (nSPS) is 24.8. The van der Waals surface area contributed by atoms with E-state index in [1.54, 1.807) is 0 Å². The molecule has 0 bridgehead atoms. The van der Waals surface area contributed by atoms with Crippen LogP contribution < -0.4 is 5.73 Å². The van der Waals surface area contributed by atoms with Crippen molar-refractivity contribution in [2.24, 2.45) is 11.7 Å². The standard InChI is InChI=1S/C13H18ClFN2O2S/c1-9-2-3-10(7-16)8-17(9)20(18,19)11-4-5-13(15)12(14)6-11/h4-6,9-10H,2-3,7-8,16H2,1H3. The number of nitrogens with zero attached hydrogens (tertiary/aromatic N) is 1. The first-order valence-electron chi connectivity index (χ1n) is 6.53. The molecular formula is C13H18ClFN2O2S. The van der Waals surface area contributed by atoms with E-state index in [0.717, 1.165) is 25.0 Å². The van der Waals surface area contributed by atoms with Gasteiger partial charge < -0.3 is 5.73 Å². The Morgan fingerprint density at radius 2 is 2.15 bits per heavy atom. The lowest BCUT2D eigenvalue weighted by atomic mass is 9.96. The number of sulfonamides is 1. The first-order chi connectivity index (χ1) is 9.36. The highest BCUT2D eigenvalue weighted by Crippen LogP contribution is 2.29. The fourth-order valence-electron chi connectivity index (χ4n) is 2.45. The molecule has 2 rings (SSSR count). The molecule has 1 aromatic carbocycles. The molecule has 1 aliphatic heterocycles. The maximum absolute atomic E-state index is 13.2. The molecule has 112 valence electrons. The molecule has 1 heterocycles. The van der Waals surface area contributed by atoms with Crippen LogP contribution in [-0.4, -0.2) is 31.9 Å². The van der Waals surface area contributed by atoms with Gasteiger partial charge in [-0.15, -0.1) is 0 Å². The van der Waals surface area contributed by atoms with Crippen LogP contribution in [0, 0.1) is 11.7 Å². The minimum Gasteiger partial charge on any atom is -0.330 e. The molecule has 0 amide bonds. The molecule has 0 aliphatic carbocycles. The molecule has 20 heavy (non-hydrogen) atoms. The Kier molecular flexibility index (Phi) is 4.69. The number of rotatable bonds is 3. The molecule has 0 saturated carbocycles. The third-order valence-electron chi connectivity index (χ3n) is 3.75. The maximum atomic E-state index is 13.2. The first-order valence-corrected chi connectivity index (χ1v) is 8.35. The fourth-order valence-corrected chi connectivity index (χ4v) is 4.46. The Bertz CT molecular complexity index is 594. The van der Waals surface area contributed by atoms with E-state index in [1.165, 1.54) is 10.4 Å². The largest absolute Gasteiger partial charge is 0.330 e. The summed E-state index contributed by atoms with van der Waals surface area (Å²) in [7, 11) is -3.67. The number of hydrogen-bond donors (Lipinski definition) is 1. The average Bonchev–Trinajstić information content (AvgIpc) is 2.42. The van der Waals surface area contributed by atoms with Gasteiger partial charge in [0.15, 0.2) is 0 Å². The lowest BCUT2D eigenvalue weighted by Gasteiger charge is -2.36. The van der Waals surface area contributed by atoms with Gasteiger partial charge in [0.1, 0.15) is 5.82 Å². The van der Waals surface area contributed by atoms with Crippen LogP contribution in [0.1, 0.15) is 19.8 Å². The Labute approximate surface area is 123 Å². The lowest BCUT2D eigenvalue weighted by molar-refractivity contribution is 0.211.